The Labute approximate surface area is 122 Å². The van der Waals surface area contributed by atoms with Crippen LogP contribution in [0.1, 0.15) is 5.69 Å². The van der Waals surface area contributed by atoms with E-state index in [2.05, 4.69) is 20.9 Å². The SMILES string of the molecule is Fc1cc(Br)cc(OCc2cn3ccccc3n2)c1F. The predicted molar refractivity (Wildman–Crippen MR) is 73.6 cm³/mol. The maximum absolute atomic E-state index is 13.5. The standard InChI is InChI=1S/C14H9BrF2N2O/c15-9-5-11(16)14(17)12(6-9)20-8-10-7-19-4-2-1-3-13(19)18-10/h1-7H,8H2. The van der Waals surface area contributed by atoms with Crippen LogP contribution in [-0.4, -0.2) is 9.38 Å². The van der Waals surface area contributed by atoms with Crippen LogP contribution in [0.3, 0.4) is 0 Å². The minimum absolute atomic E-state index is 0.0640. The number of nitrogens with zero attached hydrogens (tertiary/aromatic N) is 2. The molecular weight excluding hydrogens is 330 g/mol. The number of fused-ring (bicyclic) bond motifs is 1. The van der Waals surface area contributed by atoms with Crippen molar-refractivity contribution in [2.45, 2.75) is 6.61 Å². The molecule has 6 heteroatoms. The largest absolute Gasteiger partial charge is 0.484 e. The summed E-state index contributed by atoms with van der Waals surface area (Å²) in [7, 11) is 0. The molecule has 0 atom stereocenters. The summed E-state index contributed by atoms with van der Waals surface area (Å²) in [6, 6.07) is 8.03. The van der Waals surface area contributed by atoms with Crippen molar-refractivity contribution in [3.63, 3.8) is 0 Å². The molecular formula is C14H9BrF2N2O. The molecule has 0 amide bonds. The number of pyridine rings is 1. The van der Waals surface area contributed by atoms with Gasteiger partial charge in [-0.25, -0.2) is 9.37 Å². The highest BCUT2D eigenvalue weighted by molar-refractivity contribution is 9.10. The molecule has 102 valence electrons. The lowest BCUT2D eigenvalue weighted by Crippen LogP contribution is -1.99. The Balaban J connectivity index is 1.82. The fourth-order valence-electron chi connectivity index (χ4n) is 1.85. The molecule has 0 aliphatic rings. The summed E-state index contributed by atoms with van der Waals surface area (Å²) in [5.74, 6) is -2.10. The van der Waals surface area contributed by atoms with Crippen molar-refractivity contribution in [1.29, 1.82) is 0 Å². The lowest BCUT2D eigenvalue weighted by Gasteiger charge is -2.06. The van der Waals surface area contributed by atoms with Gasteiger partial charge in [0.05, 0.1) is 5.69 Å². The van der Waals surface area contributed by atoms with Crippen molar-refractivity contribution in [1.82, 2.24) is 9.38 Å². The smallest absolute Gasteiger partial charge is 0.200 e. The molecule has 1 aromatic carbocycles. The average Bonchev–Trinajstić information content (AvgIpc) is 2.84. The Hall–Kier alpha value is -1.95. The maximum Gasteiger partial charge on any atom is 0.200 e. The van der Waals surface area contributed by atoms with Crippen LogP contribution in [0, 0.1) is 11.6 Å². The van der Waals surface area contributed by atoms with Gasteiger partial charge in [-0.1, -0.05) is 22.0 Å². The zero-order valence-corrected chi connectivity index (χ0v) is 11.8. The van der Waals surface area contributed by atoms with E-state index >= 15 is 0 Å². The third kappa shape index (κ3) is 2.51. The van der Waals surface area contributed by atoms with Gasteiger partial charge in [-0.2, -0.15) is 4.39 Å². The topological polar surface area (TPSA) is 26.5 Å². The number of benzene rings is 1. The Morgan fingerprint density at radius 3 is 2.90 bits per heavy atom. The molecule has 0 aliphatic heterocycles. The molecule has 0 saturated heterocycles. The van der Waals surface area contributed by atoms with E-state index < -0.39 is 11.6 Å². The first kappa shape index (κ1) is 13.1. The van der Waals surface area contributed by atoms with Gasteiger partial charge in [0.15, 0.2) is 11.6 Å². The molecule has 0 saturated carbocycles. The van der Waals surface area contributed by atoms with Crippen molar-refractivity contribution >= 4 is 21.6 Å². The number of ether oxygens (including phenoxy) is 1. The van der Waals surface area contributed by atoms with Gasteiger partial charge < -0.3 is 9.14 Å². The second kappa shape index (κ2) is 5.20. The average molecular weight is 339 g/mol. The van der Waals surface area contributed by atoms with Gasteiger partial charge in [0.1, 0.15) is 12.3 Å². The molecule has 3 aromatic rings. The first-order chi connectivity index (χ1) is 9.63. The monoisotopic (exact) mass is 338 g/mol. The number of hydrogen-bond acceptors (Lipinski definition) is 2. The van der Waals surface area contributed by atoms with Gasteiger partial charge in [-0.05, 0) is 24.3 Å². The zero-order chi connectivity index (χ0) is 14.1. The molecule has 0 unspecified atom stereocenters. The van der Waals surface area contributed by atoms with E-state index in [0.717, 1.165) is 11.7 Å². The lowest BCUT2D eigenvalue weighted by atomic mass is 10.3. The third-order valence-electron chi connectivity index (χ3n) is 2.75. The third-order valence-corrected chi connectivity index (χ3v) is 3.21. The summed E-state index contributed by atoms with van der Waals surface area (Å²) in [6.45, 7) is 0.0640. The van der Waals surface area contributed by atoms with Crippen molar-refractivity contribution in [2.75, 3.05) is 0 Å². The Morgan fingerprint density at radius 1 is 1.25 bits per heavy atom. The van der Waals surface area contributed by atoms with Gasteiger partial charge in [0.2, 0.25) is 5.82 Å². The van der Waals surface area contributed by atoms with E-state index in [-0.39, 0.29) is 12.4 Å². The number of hydrogen-bond donors (Lipinski definition) is 0. The van der Waals surface area contributed by atoms with Crippen LogP contribution in [-0.2, 0) is 6.61 Å². The number of imidazole rings is 1. The first-order valence-electron chi connectivity index (χ1n) is 5.83. The van der Waals surface area contributed by atoms with Crippen molar-refractivity contribution < 1.29 is 13.5 Å². The van der Waals surface area contributed by atoms with E-state index in [9.17, 15) is 8.78 Å². The zero-order valence-electron chi connectivity index (χ0n) is 10.2. The van der Waals surface area contributed by atoms with Gasteiger partial charge in [-0.15, -0.1) is 0 Å². The molecule has 20 heavy (non-hydrogen) atoms. The van der Waals surface area contributed by atoms with Crippen LogP contribution < -0.4 is 4.74 Å². The maximum atomic E-state index is 13.5. The van der Waals surface area contributed by atoms with Crippen LogP contribution in [0.4, 0.5) is 8.78 Å². The first-order valence-corrected chi connectivity index (χ1v) is 6.63. The van der Waals surface area contributed by atoms with Gasteiger partial charge in [0.25, 0.3) is 0 Å². The summed E-state index contributed by atoms with van der Waals surface area (Å²) in [4.78, 5) is 4.31. The molecule has 0 aliphatic carbocycles. The van der Waals surface area contributed by atoms with E-state index in [4.69, 9.17) is 4.74 Å². The number of aromatic nitrogens is 2. The van der Waals surface area contributed by atoms with Crippen molar-refractivity contribution in [2.24, 2.45) is 0 Å². The molecule has 0 spiro atoms. The molecule has 0 N–H and O–H groups in total. The molecule has 2 heterocycles. The van der Waals surface area contributed by atoms with Gasteiger partial charge >= 0.3 is 0 Å². The van der Waals surface area contributed by atoms with Crippen molar-refractivity contribution in [3.05, 3.63) is 64.5 Å². The minimum atomic E-state index is -1.00. The van der Waals surface area contributed by atoms with Crippen LogP contribution in [0.5, 0.6) is 5.75 Å². The van der Waals surface area contributed by atoms with Gasteiger partial charge in [0, 0.05) is 16.9 Å². The van der Waals surface area contributed by atoms with E-state index in [0.29, 0.717) is 10.2 Å². The Morgan fingerprint density at radius 2 is 2.10 bits per heavy atom. The summed E-state index contributed by atoms with van der Waals surface area (Å²) in [5, 5.41) is 0. The second-order valence-corrected chi connectivity index (χ2v) is 5.10. The van der Waals surface area contributed by atoms with E-state index in [1.807, 2.05) is 28.8 Å². The number of rotatable bonds is 3. The van der Waals surface area contributed by atoms with Crippen LogP contribution >= 0.6 is 15.9 Å². The normalized spacial score (nSPS) is 10.9. The van der Waals surface area contributed by atoms with Crippen molar-refractivity contribution in [3.8, 4) is 5.75 Å². The molecule has 0 radical (unpaired) electrons. The summed E-state index contributed by atoms with van der Waals surface area (Å²) < 4.78 is 34.3. The number of halogens is 3. The highest BCUT2D eigenvalue weighted by Crippen LogP contribution is 2.26. The Bertz CT molecular complexity index is 740. The quantitative estimate of drug-likeness (QED) is 0.676. The molecule has 3 rings (SSSR count). The summed E-state index contributed by atoms with van der Waals surface area (Å²) in [5.41, 5.74) is 1.41. The van der Waals surface area contributed by atoms with Crippen LogP contribution in [0.2, 0.25) is 0 Å². The molecule has 3 nitrogen and oxygen atoms in total. The van der Waals surface area contributed by atoms with Crippen LogP contribution in [0.15, 0.2) is 47.2 Å². The predicted octanol–water partition coefficient (Wildman–Crippen LogP) is 3.95. The fourth-order valence-corrected chi connectivity index (χ4v) is 2.25. The van der Waals surface area contributed by atoms with Crippen LogP contribution in [0.25, 0.3) is 5.65 Å². The molecule has 0 bridgehead atoms. The minimum Gasteiger partial charge on any atom is -0.484 e. The highest BCUT2D eigenvalue weighted by atomic mass is 79.9. The van der Waals surface area contributed by atoms with E-state index in [1.54, 1.807) is 6.20 Å². The van der Waals surface area contributed by atoms with Gasteiger partial charge in [-0.3, -0.25) is 0 Å². The molecule has 2 aromatic heterocycles. The highest BCUT2D eigenvalue weighted by Gasteiger charge is 2.12. The summed E-state index contributed by atoms with van der Waals surface area (Å²) >= 11 is 3.10. The second-order valence-electron chi connectivity index (χ2n) is 4.19. The fraction of sp³-hybridized carbons (Fsp3) is 0.0714. The Kier molecular flexibility index (Phi) is 3.40. The lowest BCUT2D eigenvalue weighted by molar-refractivity contribution is 0.281. The van der Waals surface area contributed by atoms with E-state index in [1.165, 1.54) is 6.07 Å². The molecule has 0 fully saturated rings. The summed E-state index contributed by atoms with van der Waals surface area (Å²) in [6.07, 6.45) is 3.63.